The van der Waals surface area contributed by atoms with Gasteiger partial charge in [0.25, 0.3) is 0 Å². The maximum Gasteiger partial charge on any atom is 0.250 e. The van der Waals surface area contributed by atoms with E-state index in [0.29, 0.717) is 11.6 Å². The standard InChI is InChI=1S/C15H20Cl2N2O2/c1-5-9-14(3,4)19-13(20)11(6-2)21-15(17)10-7-8-12(16)18-15/h7-8,10-11,18H,6H2,1-4H3,(H,19,20). The maximum atomic E-state index is 12.3. The summed E-state index contributed by atoms with van der Waals surface area (Å²) in [4.78, 5) is 12.3. The lowest BCUT2D eigenvalue weighted by Gasteiger charge is -2.32. The lowest BCUT2D eigenvalue weighted by atomic mass is 10.1. The molecular weight excluding hydrogens is 311 g/mol. The molecule has 0 aliphatic carbocycles. The zero-order chi connectivity index (χ0) is 16.1. The van der Waals surface area contributed by atoms with Crippen LogP contribution in [0.25, 0.3) is 0 Å². The number of rotatable bonds is 5. The fourth-order valence-corrected chi connectivity index (χ4v) is 2.38. The van der Waals surface area contributed by atoms with E-state index < -0.39 is 16.8 Å². The van der Waals surface area contributed by atoms with Gasteiger partial charge in [-0.2, -0.15) is 0 Å². The van der Waals surface area contributed by atoms with Crippen molar-refractivity contribution in [1.29, 1.82) is 0 Å². The first kappa shape index (κ1) is 17.9. The second kappa shape index (κ2) is 7.22. The van der Waals surface area contributed by atoms with E-state index in [0.717, 1.165) is 0 Å². The average molecular weight is 331 g/mol. The molecule has 0 aromatic rings. The van der Waals surface area contributed by atoms with Crippen LogP contribution in [0.4, 0.5) is 0 Å². The number of dihydropyridines is 1. The molecule has 2 atom stereocenters. The molecule has 0 bridgehead atoms. The molecule has 2 N–H and O–H groups in total. The number of carbonyl (C=O) groups excluding carboxylic acids is 1. The molecule has 0 aromatic heterocycles. The van der Waals surface area contributed by atoms with Crippen LogP contribution in [0.15, 0.2) is 23.4 Å². The zero-order valence-corrected chi connectivity index (χ0v) is 14.1. The SMILES string of the molecule is CC#CC(C)(C)NC(=O)C(CC)OC1(Cl)C=CC=C(Cl)N1. The first-order chi connectivity index (χ1) is 9.71. The second-order valence-corrected chi connectivity index (χ2v) is 6.12. The summed E-state index contributed by atoms with van der Waals surface area (Å²) < 4.78 is 5.67. The highest BCUT2D eigenvalue weighted by Gasteiger charge is 2.34. The number of hydrogen-bond donors (Lipinski definition) is 2. The van der Waals surface area contributed by atoms with Crippen molar-refractivity contribution in [3.05, 3.63) is 23.4 Å². The Kier molecular flexibility index (Phi) is 6.15. The third-order valence-electron chi connectivity index (χ3n) is 2.69. The lowest BCUT2D eigenvalue weighted by Crippen LogP contribution is -2.51. The molecule has 0 radical (unpaired) electrons. The van der Waals surface area contributed by atoms with Gasteiger partial charge in [0, 0.05) is 0 Å². The van der Waals surface area contributed by atoms with E-state index in [1.807, 2.05) is 20.8 Å². The minimum Gasteiger partial charge on any atom is -0.338 e. The molecule has 0 aromatic carbocycles. The van der Waals surface area contributed by atoms with Gasteiger partial charge in [0.15, 0.2) is 0 Å². The molecule has 4 nitrogen and oxygen atoms in total. The van der Waals surface area contributed by atoms with E-state index in [4.69, 9.17) is 27.9 Å². The first-order valence-electron chi connectivity index (χ1n) is 6.67. The van der Waals surface area contributed by atoms with E-state index in [1.165, 1.54) is 0 Å². The van der Waals surface area contributed by atoms with E-state index in [2.05, 4.69) is 22.5 Å². The van der Waals surface area contributed by atoms with Crippen LogP contribution in [0.3, 0.4) is 0 Å². The highest BCUT2D eigenvalue weighted by molar-refractivity contribution is 6.31. The highest BCUT2D eigenvalue weighted by atomic mass is 35.5. The summed E-state index contributed by atoms with van der Waals surface area (Å²) in [7, 11) is 0. The van der Waals surface area contributed by atoms with Gasteiger partial charge >= 0.3 is 0 Å². The van der Waals surface area contributed by atoms with Crippen molar-refractivity contribution in [1.82, 2.24) is 10.6 Å². The van der Waals surface area contributed by atoms with Gasteiger partial charge in [0.1, 0.15) is 11.3 Å². The Balaban J connectivity index is 2.75. The zero-order valence-electron chi connectivity index (χ0n) is 12.6. The van der Waals surface area contributed by atoms with Crippen molar-refractivity contribution in [3.8, 4) is 11.8 Å². The van der Waals surface area contributed by atoms with E-state index in [9.17, 15) is 4.79 Å². The topological polar surface area (TPSA) is 50.4 Å². The molecule has 0 saturated carbocycles. The van der Waals surface area contributed by atoms with E-state index in [-0.39, 0.29) is 5.91 Å². The number of nitrogens with one attached hydrogen (secondary N) is 2. The molecule has 0 fully saturated rings. The summed E-state index contributed by atoms with van der Waals surface area (Å²) in [6, 6.07) is 0. The van der Waals surface area contributed by atoms with Crippen LogP contribution in [0.2, 0.25) is 0 Å². The number of allylic oxidation sites excluding steroid dienone is 2. The molecule has 21 heavy (non-hydrogen) atoms. The first-order valence-corrected chi connectivity index (χ1v) is 7.43. The minimum atomic E-state index is -1.33. The van der Waals surface area contributed by atoms with Crippen LogP contribution in [0, 0.1) is 11.8 Å². The molecule has 6 heteroatoms. The molecule has 1 aliphatic rings. The van der Waals surface area contributed by atoms with Gasteiger partial charge in [-0.15, -0.1) is 5.92 Å². The van der Waals surface area contributed by atoms with Crippen molar-refractivity contribution in [2.24, 2.45) is 0 Å². The summed E-state index contributed by atoms with van der Waals surface area (Å²) in [6.45, 7) is 7.21. The van der Waals surface area contributed by atoms with Crippen LogP contribution >= 0.6 is 23.2 Å². The van der Waals surface area contributed by atoms with Crippen LogP contribution in [-0.2, 0) is 9.53 Å². The van der Waals surface area contributed by atoms with Gasteiger partial charge in [-0.3, -0.25) is 4.79 Å². The number of hydrogen-bond acceptors (Lipinski definition) is 3. The number of alkyl halides is 1. The smallest absolute Gasteiger partial charge is 0.250 e. The lowest BCUT2D eigenvalue weighted by molar-refractivity contribution is -0.139. The molecular formula is C15H20Cl2N2O2. The summed E-state index contributed by atoms with van der Waals surface area (Å²) in [5.74, 6) is 5.43. The predicted molar refractivity (Wildman–Crippen MR) is 85.6 cm³/mol. The van der Waals surface area contributed by atoms with Crippen LogP contribution in [0.5, 0.6) is 0 Å². The predicted octanol–water partition coefficient (Wildman–Crippen LogP) is 2.83. The average Bonchev–Trinajstić information content (AvgIpc) is 2.34. The van der Waals surface area contributed by atoms with Crippen LogP contribution in [0.1, 0.15) is 34.1 Å². The molecule has 2 unspecified atom stereocenters. The van der Waals surface area contributed by atoms with Crippen molar-refractivity contribution in [2.75, 3.05) is 0 Å². The molecule has 1 aliphatic heterocycles. The van der Waals surface area contributed by atoms with Crippen molar-refractivity contribution in [3.63, 3.8) is 0 Å². The van der Waals surface area contributed by atoms with Gasteiger partial charge < -0.3 is 15.4 Å². The number of amides is 1. The Morgan fingerprint density at radius 3 is 2.81 bits per heavy atom. The Labute approximate surface area is 135 Å². The fraction of sp³-hybridized carbons (Fsp3) is 0.533. The maximum absolute atomic E-state index is 12.3. The van der Waals surface area contributed by atoms with Gasteiger partial charge in [-0.05, 0) is 39.3 Å². The van der Waals surface area contributed by atoms with Gasteiger partial charge in [-0.1, -0.05) is 42.1 Å². The Morgan fingerprint density at radius 2 is 2.29 bits per heavy atom. The van der Waals surface area contributed by atoms with Crippen molar-refractivity contribution >= 4 is 29.1 Å². The third kappa shape index (κ3) is 5.62. The summed E-state index contributed by atoms with van der Waals surface area (Å²) >= 11 is 12.1. The molecule has 1 amide bonds. The Bertz CT molecular complexity index is 518. The molecule has 1 rings (SSSR count). The number of halogens is 2. The van der Waals surface area contributed by atoms with Crippen molar-refractivity contribution in [2.45, 2.75) is 50.9 Å². The van der Waals surface area contributed by atoms with Gasteiger partial charge in [-0.25, -0.2) is 0 Å². The van der Waals surface area contributed by atoms with E-state index >= 15 is 0 Å². The molecule has 0 saturated heterocycles. The Hall–Kier alpha value is -1.15. The van der Waals surface area contributed by atoms with E-state index in [1.54, 1.807) is 25.2 Å². The number of ether oxygens (including phenoxy) is 1. The number of carbonyl (C=O) groups is 1. The Morgan fingerprint density at radius 1 is 1.62 bits per heavy atom. The fourth-order valence-electron chi connectivity index (χ4n) is 1.83. The quantitative estimate of drug-likeness (QED) is 0.463. The highest BCUT2D eigenvalue weighted by Crippen LogP contribution is 2.25. The molecule has 1 heterocycles. The summed E-state index contributed by atoms with van der Waals surface area (Å²) in [6.07, 6.45) is 4.65. The van der Waals surface area contributed by atoms with Crippen molar-refractivity contribution < 1.29 is 9.53 Å². The monoisotopic (exact) mass is 330 g/mol. The minimum absolute atomic E-state index is 0.272. The van der Waals surface area contributed by atoms with Gasteiger partial charge in [0.2, 0.25) is 11.1 Å². The van der Waals surface area contributed by atoms with Gasteiger partial charge in [0.05, 0.1) is 5.54 Å². The van der Waals surface area contributed by atoms with Crippen LogP contribution in [-0.4, -0.2) is 22.7 Å². The second-order valence-electron chi connectivity index (χ2n) is 5.15. The third-order valence-corrected chi connectivity index (χ3v) is 3.22. The summed E-state index contributed by atoms with van der Waals surface area (Å²) in [5, 5.41) is 4.62. The molecule has 0 spiro atoms. The normalized spacial score (nSPS) is 22.5. The molecule has 116 valence electrons. The largest absolute Gasteiger partial charge is 0.338 e. The summed E-state index contributed by atoms with van der Waals surface area (Å²) in [5.41, 5.74) is -0.629. The van der Waals surface area contributed by atoms with Crippen LogP contribution < -0.4 is 10.6 Å².